The van der Waals surface area contributed by atoms with E-state index in [-0.39, 0.29) is 0 Å². The van der Waals surface area contributed by atoms with E-state index < -0.39 is 0 Å². The summed E-state index contributed by atoms with van der Waals surface area (Å²) in [5, 5.41) is 9.29. The molecule has 0 radical (unpaired) electrons. The molecule has 0 saturated carbocycles. The number of aromatic nitrogens is 2. The third-order valence-electron chi connectivity index (χ3n) is 3.50. The number of rotatable bonds is 3. The Labute approximate surface area is 136 Å². The van der Waals surface area contributed by atoms with Crippen LogP contribution in [0.25, 0.3) is 21.7 Å². The molecule has 0 fully saturated rings. The Bertz CT molecular complexity index is 756. The molecule has 3 rings (SSSR count). The number of hydrogen-bond donors (Lipinski definition) is 2. The van der Waals surface area contributed by atoms with Crippen molar-refractivity contribution in [1.82, 2.24) is 10.2 Å². The van der Waals surface area contributed by atoms with E-state index in [1.807, 2.05) is 11.4 Å². The Morgan fingerprint density at radius 1 is 1.19 bits per heavy atom. The summed E-state index contributed by atoms with van der Waals surface area (Å²) in [5.74, 6) is 1.05. The molecule has 0 spiro atoms. The summed E-state index contributed by atoms with van der Waals surface area (Å²) in [6, 6.07) is 10.6. The van der Waals surface area contributed by atoms with E-state index in [4.69, 9.17) is 5.73 Å². The molecule has 0 bridgehead atoms. The maximum absolute atomic E-state index is 6.07. The molecule has 0 atom stereocenters. The van der Waals surface area contributed by atoms with Gasteiger partial charge >= 0.3 is 0 Å². The van der Waals surface area contributed by atoms with Gasteiger partial charge in [0.15, 0.2) is 5.82 Å². The van der Waals surface area contributed by atoms with Crippen LogP contribution in [0.4, 0.5) is 5.82 Å². The molecule has 2 heterocycles. The van der Waals surface area contributed by atoms with Crippen LogP contribution >= 0.6 is 27.3 Å². The Morgan fingerprint density at radius 2 is 1.90 bits per heavy atom. The van der Waals surface area contributed by atoms with Gasteiger partial charge in [0.2, 0.25) is 0 Å². The predicted molar refractivity (Wildman–Crippen MR) is 93.5 cm³/mol. The van der Waals surface area contributed by atoms with Gasteiger partial charge in [-0.3, -0.25) is 5.10 Å². The van der Waals surface area contributed by atoms with Crippen LogP contribution in [0.5, 0.6) is 0 Å². The molecule has 0 saturated heterocycles. The highest BCUT2D eigenvalue weighted by Crippen LogP contribution is 2.40. The molecule has 3 aromatic rings. The second kappa shape index (κ2) is 5.66. The quantitative estimate of drug-likeness (QED) is 0.667. The fraction of sp³-hybridized carbons (Fsp3) is 0.188. The Hall–Kier alpha value is -1.59. The molecule has 2 aromatic heterocycles. The van der Waals surface area contributed by atoms with E-state index >= 15 is 0 Å². The lowest BCUT2D eigenvalue weighted by Gasteiger charge is -2.08. The van der Waals surface area contributed by atoms with E-state index in [1.165, 1.54) is 5.56 Å². The lowest BCUT2D eigenvalue weighted by molar-refractivity contribution is 0.867. The maximum atomic E-state index is 6.07. The number of anilines is 1. The van der Waals surface area contributed by atoms with E-state index in [9.17, 15) is 0 Å². The van der Waals surface area contributed by atoms with E-state index in [0.717, 1.165) is 26.2 Å². The van der Waals surface area contributed by atoms with Crippen LogP contribution in [0.3, 0.4) is 0 Å². The molecule has 108 valence electrons. The summed E-state index contributed by atoms with van der Waals surface area (Å²) >= 11 is 5.23. The largest absolute Gasteiger partial charge is 0.382 e. The number of halogens is 1. The summed E-state index contributed by atoms with van der Waals surface area (Å²) in [6.45, 7) is 4.38. The first-order chi connectivity index (χ1) is 10.1. The number of nitrogens with one attached hydrogen (secondary N) is 1. The first kappa shape index (κ1) is 14.4. The molecule has 1 aromatic carbocycles. The van der Waals surface area contributed by atoms with Crippen molar-refractivity contribution in [1.29, 1.82) is 0 Å². The molecule has 5 heteroatoms. The van der Waals surface area contributed by atoms with Gasteiger partial charge < -0.3 is 5.73 Å². The molecule has 0 amide bonds. The first-order valence-electron chi connectivity index (χ1n) is 6.75. The second-order valence-corrected chi connectivity index (χ2v) is 7.00. The monoisotopic (exact) mass is 361 g/mol. The minimum atomic E-state index is 0.520. The molecule has 0 unspecified atom stereocenters. The number of thiophene rings is 1. The van der Waals surface area contributed by atoms with Crippen LogP contribution in [-0.4, -0.2) is 10.2 Å². The van der Waals surface area contributed by atoms with Crippen molar-refractivity contribution in [2.75, 3.05) is 5.73 Å². The van der Waals surface area contributed by atoms with Crippen LogP contribution in [0.1, 0.15) is 25.3 Å². The van der Waals surface area contributed by atoms with Gasteiger partial charge in [-0.25, -0.2) is 0 Å². The molecule has 21 heavy (non-hydrogen) atoms. The standard InChI is InChI=1S/C16H16BrN3S/c1-9(2)10-3-5-11(6-4-10)13-14(19-20-16(13)18)15-12(17)7-8-21-15/h3-9H,1-2H3,(H3,18,19,20). The Morgan fingerprint density at radius 3 is 2.48 bits per heavy atom. The van der Waals surface area contributed by atoms with Gasteiger partial charge in [-0.2, -0.15) is 5.10 Å². The highest BCUT2D eigenvalue weighted by molar-refractivity contribution is 9.10. The lowest BCUT2D eigenvalue weighted by Crippen LogP contribution is -1.90. The van der Waals surface area contributed by atoms with Gasteiger partial charge in [0, 0.05) is 4.47 Å². The number of nitrogens with zero attached hydrogens (tertiary/aromatic N) is 1. The predicted octanol–water partition coefficient (Wildman–Crippen LogP) is 5.27. The van der Waals surface area contributed by atoms with Crippen LogP contribution in [-0.2, 0) is 0 Å². The normalized spacial score (nSPS) is 11.2. The summed E-state index contributed by atoms with van der Waals surface area (Å²) in [6.07, 6.45) is 0. The summed E-state index contributed by atoms with van der Waals surface area (Å²) < 4.78 is 1.05. The van der Waals surface area contributed by atoms with Crippen molar-refractivity contribution in [2.45, 2.75) is 19.8 Å². The number of aromatic amines is 1. The number of hydrogen-bond acceptors (Lipinski definition) is 3. The van der Waals surface area contributed by atoms with Crippen molar-refractivity contribution < 1.29 is 0 Å². The topological polar surface area (TPSA) is 54.7 Å². The molecule has 3 N–H and O–H groups in total. The van der Waals surface area contributed by atoms with Crippen LogP contribution in [0.2, 0.25) is 0 Å². The van der Waals surface area contributed by atoms with Gasteiger partial charge in [0.05, 0.1) is 16.1 Å². The average molecular weight is 362 g/mol. The SMILES string of the molecule is CC(C)c1ccc(-c2c(N)n[nH]c2-c2sccc2Br)cc1. The smallest absolute Gasteiger partial charge is 0.153 e. The summed E-state index contributed by atoms with van der Waals surface area (Å²) in [5.41, 5.74) is 10.4. The average Bonchev–Trinajstić information content (AvgIpc) is 3.04. The fourth-order valence-electron chi connectivity index (χ4n) is 2.32. The minimum Gasteiger partial charge on any atom is -0.382 e. The van der Waals surface area contributed by atoms with Crippen LogP contribution in [0.15, 0.2) is 40.2 Å². The van der Waals surface area contributed by atoms with Gasteiger partial charge in [-0.05, 0) is 44.4 Å². The van der Waals surface area contributed by atoms with Gasteiger partial charge in [-0.1, -0.05) is 38.1 Å². The Kier molecular flexibility index (Phi) is 3.87. The number of nitrogens with two attached hydrogens (primary N) is 1. The third-order valence-corrected chi connectivity index (χ3v) is 5.36. The zero-order valence-electron chi connectivity index (χ0n) is 11.9. The molecule has 0 aliphatic rings. The summed E-state index contributed by atoms with van der Waals surface area (Å²) in [4.78, 5) is 1.11. The van der Waals surface area contributed by atoms with Crippen molar-refractivity contribution in [3.05, 3.63) is 45.7 Å². The highest BCUT2D eigenvalue weighted by Gasteiger charge is 2.17. The van der Waals surface area contributed by atoms with Crippen molar-refractivity contribution in [3.63, 3.8) is 0 Å². The highest BCUT2D eigenvalue weighted by atomic mass is 79.9. The van der Waals surface area contributed by atoms with Gasteiger partial charge in [0.25, 0.3) is 0 Å². The number of H-pyrrole nitrogens is 1. The number of benzene rings is 1. The van der Waals surface area contributed by atoms with Crippen molar-refractivity contribution in [2.24, 2.45) is 0 Å². The maximum Gasteiger partial charge on any atom is 0.153 e. The second-order valence-electron chi connectivity index (χ2n) is 5.23. The molecular weight excluding hydrogens is 346 g/mol. The van der Waals surface area contributed by atoms with E-state index in [1.54, 1.807) is 11.3 Å². The minimum absolute atomic E-state index is 0.520. The first-order valence-corrected chi connectivity index (χ1v) is 8.42. The summed E-state index contributed by atoms with van der Waals surface area (Å²) in [7, 11) is 0. The molecule has 0 aliphatic carbocycles. The van der Waals surface area contributed by atoms with Gasteiger partial charge in [0.1, 0.15) is 0 Å². The van der Waals surface area contributed by atoms with Crippen LogP contribution < -0.4 is 5.73 Å². The lowest BCUT2D eigenvalue weighted by atomic mass is 9.98. The van der Waals surface area contributed by atoms with Crippen molar-refractivity contribution in [3.8, 4) is 21.7 Å². The fourth-order valence-corrected chi connectivity index (χ4v) is 3.89. The van der Waals surface area contributed by atoms with Crippen molar-refractivity contribution >= 4 is 33.1 Å². The zero-order chi connectivity index (χ0) is 15.0. The third kappa shape index (κ3) is 2.63. The van der Waals surface area contributed by atoms with E-state index in [0.29, 0.717) is 11.7 Å². The Balaban J connectivity index is 2.10. The van der Waals surface area contributed by atoms with Crippen LogP contribution in [0, 0.1) is 0 Å². The van der Waals surface area contributed by atoms with Gasteiger partial charge in [-0.15, -0.1) is 11.3 Å². The zero-order valence-corrected chi connectivity index (χ0v) is 14.3. The van der Waals surface area contributed by atoms with E-state index in [2.05, 4.69) is 64.2 Å². The molecular formula is C16H16BrN3S. The molecule has 3 nitrogen and oxygen atoms in total. The number of nitrogen functional groups attached to an aromatic ring is 1. The molecule has 0 aliphatic heterocycles.